The second kappa shape index (κ2) is 8.75. The van der Waals surface area contributed by atoms with Crippen LogP contribution in [0.1, 0.15) is 43.9 Å². The molecule has 0 fully saturated rings. The second-order valence-electron chi connectivity index (χ2n) is 7.38. The van der Waals surface area contributed by atoms with E-state index in [2.05, 4.69) is 51.1 Å². The molecule has 0 aromatic heterocycles. The van der Waals surface area contributed by atoms with E-state index in [0.29, 0.717) is 6.42 Å². The molecule has 0 heterocycles. The molecule has 1 N–H and O–H groups in total. The fourth-order valence-electron chi connectivity index (χ4n) is 2.60. The molecule has 0 atom stereocenters. The molecule has 0 aliphatic rings. The van der Waals surface area contributed by atoms with Crippen molar-refractivity contribution >= 4 is 24.9 Å². The quantitative estimate of drug-likeness (QED) is 0.807. The summed E-state index contributed by atoms with van der Waals surface area (Å²) in [5, 5.41) is 2.86. The first kappa shape index (κ1) is 19.8. The van der Waals surface area contributed by atoms with Gasteiger partial charge in [0, 0.05) is 6.42 Å². The minimum Gasteiger partial charge on any atom is -0.497 e. The first-order chi connectivity index (χ1) is 12.3. The number of methoxy groups -OCH3 is 1. The number of ether oxygens (including phenoxy) is 1. The number of rotatable bonds is 6. The van der Waals surface area contributed by atoms with Crippen molar-refractivity contribution in [2.45, 2.75) is 39.5 Å². The van der Waals surface area contributed by atoms with Gasteiger partial charge in [0.05, 0.1) is 7.11 Å². The molecule has 2 aromatic carbocycles. The van der Waals surface area contributed by atoms with E-state index in [-0.39, 0.29) is 11.3 Å². The zero-order chi connectivity index (χ0) is 19.2. The smallest absolute Gasteiger partial charge is 0.288 e. The van der Waals surface area contributed by atoms with E-state index in [4.69, 9.17) is 4.74 Å². The minimum atomic E-state index is -0.0574. The van der Waals surface area contributed by atoms with Gasteiger partial charge in [0.1, 0.15) is 5.75 Å². The van der Waals surface area contributed by atoms with Crippen molar-refractivity contribution in [3.05, 3.63) is 65.2 Å². The van der Waals surface area contributed by atoms with Crippen molar-refractivity contribution < 1.29 is 9.53 Å². The fraction of sp³-hybridized carbons (Fsp3) is 0.318. The topological polar surface area (TPSA) is 38.3 Å². The summed E-state index contributed by atoms with van der Waals surface area (Å²) in [6.07, 6.45) is 4.19. The van der Waals surface area contributed by atoms with Gasteiger partial charge in [-0.15, -0.1) is 0 Å². The number of carbonyl (C=O) groups excluding carboxylic acids is 1. The first-order valence-electron chi connectivity index (χ1n) is 8.84. The molecule has 1 amide bonds. The summed E-state index contributed by atoms with van der Waals surface area (Å²) in [5.41, 5.74) is 4.42. The Bertz CT molecular complexity index is 791. The zero-order valence-electron chi connectivity index (χ0n) is 16.3. The van der Waals surface area contributed by atoms with E-state index in [1.165, 1.54) is 11.1 Å². The van der Waals surface area contributed by atoms with E-state index in [0.717, 1.165) is 16.8 Å². The Labute approximate surface area is 157 Å². The number of hydrogen-bond donors (Lipinski definition) is 1. The van der Waals surface area contributed by atoms with Crippen LogP contribution in [0.4, 0.5) is 0 Å². The molecule has 2 rings (SSSR count). The van der Waals surface area contributed by atoms with Crippen molar-refractivity contribution in [3.8, 4) is 5.75 Å². The lowest BCUT2D eigenvalue weighted by Gasteiger charge is -2.21. The van der Waals surface area contributed by atoms with Crippen LogP contribution in [-0.2, 0) is 10.2 Å². The molecule has 2 aromatic rings. The van der Waals surface area contributed by atoms with E-state index >= 15 is 0 Å². The van der Waals surface area contributed by atoms with Gasteiger partial charge in [-0.25, -0.2) is 0 Å². The van der Waals surface area contributed by atoms with Crippen molar-refractivity contribution in [2.75, 3.05) is 7.11 Å². The molecule has 135 valence electrons. The number of benzene rings is 2. The van der Waals surface area contributed by atoms with Crippen LogP contribution in [0, 0.1) is 6.92 Å². The number of aryl methyl sites for hydroxylation is 1. The van der Waals surface area contributed by atoms with Crippen molar-refractivity contribution in [1.29, 1.82) is 0 Å². The Morgan fingerprint density at radius 3 is 2.58 bits per heavy atom. The van der Waals surface area contributed by atoms with E-state index in [1.807, 2.05) is 36.4 Å². The van der Waals surface area contributed by atoms with Crippen LogP contribution in [0.2, 0.25) is 0 Å². The summed E-state index contributed by atoms with van der Waals surface area (Å²) in [5.74, 6) is 0.687. The maximum atomic E-state index is 12.1. The third-order valence-electron chi connectivity index (χ3n) is 4.27. The lowest BCUT2D eigenvalue weighted by atomic mass is 9.77. The minimum absolute atomic E-state index is 0.0369. The lowest BCUT2D eigenvalue weighted by molar-refractivity contribution is -0.118. The molecule has 0 unspecified atom stereocenters. The van der Waals surface area contributed by atoms with Gasteiger partial charge >= 0.3 is 0 Å². The van der Waals surface area contributed by atoms with Crippen LogP contribution >= 0.6 is 0 Å². The van der Waals surface area contributed by atoms with Gasteiger partial charge in [-0.1, -0.05) is 69.3 Å². The van der Waals surface area contributed by atoms with Gasteiger partial charge in [0.25, 0.3) is 7.41 Å². The summed E-state index contributed by atoms with van der Waals surface area (Å²) in [6.45, 7) is 8.54. The van der Waals surface area contributed by atoms with Crippen LogP contribution in [-0.4, -0.2) is 20.4 Å². The van der Waals surface area contributed by atoms with Gasteiger partial charge in [-0.2, -0.15) is 0 Å². The first-order valence-corrected chi connectivity index (χ1v) is 8.84. The standard InChI is InChI=1S/C22H27BNO2/c1-16-9-6-7-10-17(16)11-8-12-21(25)24-23-19-15-18(22(2,3)4)13-14-20(19)26-5/h6-11,13-15H,12H2,1-5H3,(H,24,25)/b11-8-. The van der Waals surface area contributed by atoms with Crippen LogP contribution in [0.3, 0.4) is 0 Å². The number of nitrogens with one attached hydrogen (secondary N) is 1. The summed E-state index contributed by atoms with van der Waals surface area (Å²) in [4.78, 5) is 12.1. The number of carbonyl (C=O) groups is 1. The second-order valence-corrected chi connectivity index (χ2v) is 7.38. The molecule has 0 aliphatic carbocycles. The molecule has 0 spiro atoms. The molecule has 3 nitrogen and oxygen atoms in total. The molecular formula is C22H27BNO2. The van der Waals surface area contributed by atoms with Gasteiger partial charge in [-0.05, 0) is 40.6 Å². The van der Waals surface area contributed by atoms with Crippen molar-refractivity contribution in [2.24, 2.45) is 0 Å². The van der Waals surface area contributed by atoms with Crippen LogP contribution in [0.15, 0.2) is 48.5 Å². The largest absolute Gasteiger partial charge is 0.497 e. The lowest BCUT2D eigenvalue weighted by Crippen LogP contribution is -2.36. The summed E-state index contributed by atoms with van der Waals surface area (Å²) in [7, 11) is 3.36. The normalized spacial score (nSPS) is 11.4. The third-order valence-corrected chi connectivity index (χ3v) is 4.27. The summed E-state index contributed by atoms with van der Waals surface area (Å²) < 4.78 is 5.40. The fourth-order valence-corrected chi connectivity index (χ4v) is 2.60. The predicted octanol–water partition coefficient (Wildman–Crippen LogP) is 3.77. The Morgan fingerprint density at radius 2 is 1.92 bits per heavy atom. The van der Waals surface area contributed by atoms with Gasteiger partial charge < -0.3 is 9.96 Å². The van der Waals surface area contributed by atoms with Crippen molar-refractivity contribution in [1.82, 2.24) is 5.23 Å². The molecular weight excluding hydrogens is 321 g/mol. The average molecular weight is 348 g/mol. The van der Waals surface area contributed by atoms with Gasteiger partial charge in [0.2, 0.25) is 5.91 Å². The number of hydrogen-bond acceptors (Lipinski definition) is 2. The zero-order valence-corrected chi connectivity index (χ0v) is 16.3. The molecule has 1 radical (unpaired) electrons. The Kier molecular flexibility index (Phi) is 6.67. The molecule has 0 saturated carbocycles. The molecule has 4 heteroatoms. The molecule has 0 saturated heterocycles. The Hall–Kier alpha value is -2.49. The SMILES string of the molecule is COc1ccc(C(C)(C)C)cc1[B]NC(=O)C/C=C\c1ccccc1C. The highest BCUT2D eigenvalue weighted by Crippen LogP contribution is 2.22. The Morgan fingerprint density at radius 1 is 1.19 bits per heavy atom. The average Bonchev–Trinajstić information content (AvgIpc) is 2.60. The predicted molar refractivity (Wildman–Crippen MR) is 110 cm³/mol. The van der Waals surface area contributed by atoms with E-state index in [1.54, 1.807) is 14.5 Å². The maximum Gasteiger partial charge on any atom is 0.288 e. The maximum absolute atomic E-state index is 12.1. The van der Waals surface area contributed by atoms with E-state index in [9.17, 15) is 4.79 Å². The molecule has 0 bridgehead atoms. The highest BCUT2D eigenvalue weighted by atomic mass is 16.5. The van der Waals surface area contributed by atoms with E-state index < -0.39 is 0 Å². The highest BCUT2D eigenvalue weighted by Gasteiger charge is 2.16. The van der Waals surface area contributed by atoms with Gasteiger partial charge in [0.15, 0.2) is 0 Å². The van der Waals surface area contributed by atoms with Gasteiger partial charge in [-0.3, -0.25) is 4.79 Å². The molecule has 26 heavy (non-hydrogen) atoms. The van der Waals surface area contributed by atoms with Crippen LogP contribution < -0.4 is 15.4 Å². The van der Waals surface area contributed by atoms with Crippen LogP contribution in [0.25, 0.3) is 6.08 Å². The monoisotopic (exact) mass is 348 g/mol. The number of amides is 1. The summed E-state index contributed by atoms with van der Waals surface area (Å²) in [6, 6.07) is 14.2. The summed E-state index contributed by atoms with van der Waals surface area (Å²) >= 11 is 0. The third kappa shape index (κ3) is 5.52. The Balaban J connectivity index is 1.97. The van der Waals surface area contributed by atoms with Crippen molar-refractivity contribution in [3.63, 3.8) is 0 Å². The highest BCUT2D eigenvalue weighted by molar-refractivity contribution is 6.55. The molecule has 0 aliphatic heterocycles. The van der Waals surface area contributed by atoms with Crippen LogP contribution in [0.5, 0.6) is 5.75 Å².